The quantitative estimate of drug-likeness (QED) is 0.227. The van der Waals surface area contributed by atoms with Crippen molar-refractivity contribution in [3.05, 3.63) is 53.9 Å². The van der Waals surface area contributed by atoms with Crippen LogP contribution < -0.4 is 19.4 Å². The molecule has 0 aliphatic heterocycles. The first kappa shape index (κ1) is 26.7. The SMILES string of the molecule is CCCCCCCCCCCCOc1ccc(C(=O)NCc2ccc[n+](CC)c2)c(OC)c1. The first-order valence-corrected chi connectivity index (χ1v) is 12.7. The van der Waals surface area contributed by atoms with Crippen LogP contribution in [0.1, 0.15) is 94.0 Å². The Kier molecular flexibility index (Phi) is 13.0. The van der Waals surface area contributed by atoms with Gasteiger partial charge >= 0.3 is 0 Å². The molecule has 1 heterocycles. The van der Waals surface area contributed by atoms with Gasteiger partial charge in [0, 0.05) is 24.2 Å². The van der Waals surface area contributed by atoms with Crippen molar-refractivity contribution in [2.24, 2.45) is 0 Å². The summed E-state index contributed by atoms with van der Waals surface area (Å²) in [5, 5.41) is 2.98. The smallest absolute Gasteiger partial charge is 0.255 e. The summed E-state index contributed by atoms with van der Waals surface area (Å²) >= 11 is 0. The van der Waals surface area contributed by atoms with Gasteiger partial charge in [-0.2, -0.15) is 0 Å². The minimum atomic E-state index is -0.153. The van der Waals surface area contributed by atoms with Crippen molar-refractivity contribution in [1.82, 2.24) is 5.32 Å². The Balaban J connectivity index is 1.70. The fourth-order valence-corrected chi connectivity index (χ4v) is 3.88. The third-order valence-electron chi connectivity index (χ3n) is 5.92. The number of nitrogens with zero attached hydrogens (tertiary/aromatic N) is 1. The summed E-state index contributed by atoms with van der Waals surface area (Å²) in [5.41, 5.74) is 1.58. The van der Waals surface area contributed by atoms with E-state index in [1.165, 1.54) is 57.8 Å². The second kappa shape index (κ2) is 16.1. The van der Waals surface area contributed by atoms with Crippen LogP contribution in [0.2, 0.25) is 0 Å². The van der Waals surface area contributed by atoms with E-state index in [1.807, 2.05) is 30.6 Å². The van der Waals surface area contributed by atoms with Crippen molar-refractivity contribution in [2.75, 3.05) is 13.7 Å². The number of nitrogens with one attached hydrogen (secondary N) is 1. The largest absolute Gasteiger partial charge is 0.496 e. The topological polar surface area (TPSA) is 51.4 Å². The second-order valence-corrected chi connectivity index (χ2v) is 8.62. The van der Waals surface area contributed by atoms with Crippen molar-refractivity contribution >= 4 is 5.91 Å². The average molecular weight is 456 g/mol. The average Bonchev–Trinajstić information content (AvgIpc) is 2.85. The number of methoxy groups -OCH3 is 1. The van der Waals surface area contributed by atoms with E-state index < -0.39 is 0 Å². The maximum atomic E-state index is 12.7. The van der Waals surface area contributed by atoms with E-state index in [0.29, 0.717) is 24.5 Å². The molecule has 2 rings (SSSR count). The second-order valence-electron chi connectivity index (χ2n) is 8.62. The van der Waals surface area contributed by atoms with Gasteiger partial charge < -0.3 is 14.8 Å². The molecule has 33 heavy (non-hydrogen) atoms. The molecule has 182 valence electrons. The van der Waals surface area contributed by atoms with Gasteiger partial charge in [-0.15, -0.1) is 0 Å². The fraction of sp³-hybridized carbons (Fsp3) is 0.571. The highest BCUT2D eigenvalue weighted by atomic mass is 16.5. The molecule has 0 bridgehead atoms. The summed E-state index contributed by atoms with van der Waals surface area (Å²) in [6.45, 7) is 6.41. The Hall–Kier alpha value is -2.56. The highest BCUT2D eigenvalue weighted by molar-refractivity contribution is 5.97. The number of benzene rings is 1. The van der Waals surface area contributed by atoms with Crippen molar-refractivity contribution in [3.8, 4) is 11.5 Å². The molecule has 1 aromatic heterocycles. The Morgan fingerprint density at radius 2 is 1.64 bits per heavy atom. The molecule has 1 aromatic carbocycles. The molecular formula is C28H43N2O3+. The van der Waals surface area contributed by atoms with Crippen molar-refractivity contribution in [1.29, 1.82) is 0 Å². The molecule has 0 aliphatic rings. The fourth-order valence-electron chi connectivity index (χ4n) is 3.88. The summed E-state index contributed by atoms with van der Waals surface area (Å²) in [4.78, 5) is 12.7. The number of hydrogen-bond acceptors (Lipinski definition) is 3. The number of carbonyl (C=O) groups is 1. The molecule has 2 aromatic rings. The van der Waals surface area contributed by atoms with Crippen LogP contribution in [0, 0.1) is 0 Å². The summed E-state index contributed by atoms with van der Waals surface area (Å²) in [7, 11) is 1.58. The standard InChI is InChI=1S/C28H42N2O3/c1-4-6-7-8-9-10-11-12-13-14-20-33-25-17-18-26(27(21-25)32-3)28(31)29-22-24-16-15-19-30(5-2)23-24/h15-19,21,23H,4-14,20,22H2,1-3H3/p+1. The van der Waals surface area contributed by atoms with Gasteiger partial charge in [0.2, 0.25) is 0 Å². The number of aromatic nitrogens is 1. The molecule has 0 atom stereocenters. The number of amides is 1. The van der Waals surface area contributed by atoms with E-state index in [1.54, 1.807) is 19.2 Å². The van der Waals surface area contributed by atoms with Crippen molar-refractivity contribution in [2.45, 2.75) is 91.1 Å². The third-order valence-corrected chi connectivity index (χ3v) is 5.92. The van der Waals surface area contributed by atoms with Gasteiger partial charge in [0.25, 0.3) is 5.91 Å². The number of unbranched alkanes of at least 4 members (excludes halogenated alkanes) is 9. The zero-order valence-electron chi connectivity index (χ0n) is 20.9. The molecule has 5 nitrogen and oxygen atoms in total. The van der Waals surface area contributed by atoms with E-state index in [0.717, 1.165) is 24.3 Å². The van der Waals surface area contributed by atoms with Crippen molar-refractivity contribution in [3.63, 3.8) is 0 Å². The first-order valence-electron chi connectivity index (χ1n) is 12.7. The Morgan fingerprint density at radius 1 is 0.939 bits per heavy atom. The zero-order chi connectivity index (χ0) is 23.7. The Morgan fingerprint density at radius 3 is 2.30 bits per heavy atom. The van der Waals surface area contributed by atoms with Crippen LogP contribution >= 0.6 is 0 Å². The molecule has 0 aliphatic carbocycles. The van der Waals surface area contributed by atoms with Crippen LogP contribution in [-0.2, 0) is 13.1 Å². The van der Waals surface area contributed by atoms with Crippen LogP contribution in [0.3, 0.4) is 0 Å². The lowest BCUT2D eigenvalue weighted by Crippen LogP contribution is -2.32. The molecular weight excluding hydrogens is 412 g/mol. The van der Waals surface area contributed by atoms with Gasteiger partial charge in [-0.3, -0.25) is 4.79 Å². The Labute approximate surface area is 200 Å². The van der Waals surface area contributed by atoms with Gasteiger partial charge in [-0.25, -0.2) is 4.57 Å². The van der Waals surface area contributed by atoms with Gasteiger partial charge in [0.1, 0.15) is 18.0 Å². The highest BCUT2D eigenvalue weighted by Gasteiger charge is 2.14. The van der Waals surface area contributed by atoms with Gasteiger partial charge in [-0.1, -0.05) is 64.7 Å². The maximum Gasteiger partial charge on any atom is 0.255 e. The van der Waals surface area contributed by atoms with E-state index >= 15 is 0 Å². The third kappa shape index (κ3) is 10.3. The normalized spacial score (nSPS) is 10.8. The van der Waals surface area contributed by atoms with Crippen molar-refractivity contribution < 1.29 is 18.8 Å². The predicted molar refractivity (Wildman–Crippen MR) is 134 cm³/mol. The van der Waals surface area contributed by atoms with Crippen LogP contribution in [0.5, 0.6) is 11.5 Å². The van der Waals surface area contributed by atoms with E-state index in [2.05, 4.69) is 23.7 Å². The highest BCUT2D eigenvalue weighted by Crippen LogP contribution is 2.25. The lowest BCUT2D eigenvalue weighted by atomic mass is 10.1. The van der Waals surface area contributed by atoms with Gasteiger partial charge in [-0.05, 0) is 31.5 Å². The molecule has 0 radical (unpaired) electrons. The number of rotatable bonds is 17. The molecule has 0 unspecified atom stereocenters. The molecule has 0 saturated heterocycles. The van der Waals surface area contributed by atoms with Gasteiger partial charge in [0.15, 0.2) is 12.4 Å². The molecule has 0 saturated carbocycles. The van der Waals surface area contributed by atoms with E-state index in [9.17, 15) is 4.79 Å². The maximum absolute atomic E-state index is 12.7. The minimum Gasteiger partial charge on any atom is -0.496 e. The van der Waals surface area contributed by atoms with Crippen LogP contribution in [0.15, 0.2) is 42.7 Å². The molecule has 0 spiro atoms. The number of aryl methyl sites for hydroxylation is 1. The monoisotopic (exact) mass is 455 g/mol. The number of ether oxygens (including phenoxy) is 2. The number of carbonyl (C=O) groups excluding carboxylic acids is 1. The van der Waals surface area contributed by atoms with Crippen LogP contribution in [-0.4, -0.2) is 19.6 Å². The first-order chi connectivity index (χ1) is 16.2. The predicted octanol–water partition coefficient (Wildman–Crippen LogP) is 6.23. The summed E-state index contributed by atoms with van der Waals surface area (Å²) < 4.78 is 13.4. The minimum absolute atomic E-state index is 0.153. The van der Waals surface area contributed by atoms with E-state index in [-0.39, 0.29) is 5.91 Å². The summed E-state index contributed by atoms with van der Waals surface area (Å²) in [5.74, 6) is 1.12. The molecule has 1 N–H and O–H groups in total. The summed E-state index contributed by atoms with van der Waals surface area (Å²) in [6.07, 6.45) is 17.1. The molecule has 1 amide bonds. The van der Waals surface area contributed by atoms with Crippen LogP contribution in [0.25, 0.3) is 0 Å². The Bertz CT molecular complexity index is 823. The van der Waals surface area contributed by atoms with Gasteiger partial charge in [0.05, 0.1) is 19.3 Å². The van der Waals surface area contributed by atoms with Crippen LogP contribution in [0.4, 0.5) is 0 Å². The lowest BCUT2D eigenvalue weighted by Gasteiger charge is -2.12. The number of hydrogen-bond donors (Lipinski definition) is 1. The lowest BCUT2D eigenvalue weighted by molar-refractivity contribution is -0.694. The summed E-state index contributed by atoms with van der Waals surface area (Å²) in [6, 6.07) is 9.43. The molecule has 5 heteroatoms. The zero-order valence-corrected chi connectivity index (χ0v) is 20.9. The molecule has 0 fully saturated rings. The number of pyridine rings is 1. The van der Waals surface area contributed by atoms with E-state index in [4.69, 9.17) is 9.47 Å².